The molecule has 2 fully saturated rings. The van der Waals surface area contributed by atoms with E-state index in [9.17, 15) is 0 Å². The minimum absolute atomic E-state index is 0.0398. The Morgan fingerprint density at radius 3 is 2.90 bits per heavy atom. The van der Waals surface area contributed by atoms with Crippen molar-refractivity contribution in [2.45, 2.75) is 24.9 Å². The first-order chi connectivity index (χ1) is 9.92. The lowest BCUT2D eigenvalue weighted by atomic mass is 10.00. The lowest BCUT2D eigenvalue weighted by Gasteiger charge is -2.21. The number of ether oxygens (including phenoxy) is 2. The predicted molar refractivity (Wildman–Crippen MR) is 73.0 cm³/mol. The van der Waals surface area contributed by atoms with Crippen molar-refractivity contribution < 1.29 is 9.47 Å². The molecule has 7 nitrogen and oxygen atoms in total. The molecule has 1 unspecified atom stereocenters. The van der Waals surface area contributed by atoms with Crippen LogP contribution in [0.15, 0.2) is 0 Å². The average molecular weight is 295 g/mol. The van der Waals surface area contributed by atoms with Crippen LogP contribution in [-0.2, 0) is 9.47 Å². The fourth-order valence-corrected chi connectivity index (χ4v) is 3.61. The number of nitrogens with one attached hydrogen (secondary N) is 1. The van der Waals surface area contributed by atoms with Gasteiger partial charge in [0.2, 0.25) is 4.96 Å². The van der Waals surface area contributed by atoms with Crippen LogP contribution in [0.25, 0.3) is 4.96 Å². The molecule has 2 saturated heterocycles. The molecule has 0 aliphatic carbocycles. The largest absolute Gasteiger partial charge is 0.381 e. The summed E-state index contributed by atoms with van der Waals surface area (Å²) in [4.78, 5) is 0.857. The first-order valence-electron chi connectivity index (χ1n) is 7.04. The number of hydrogen-bond donors (Lipinski definition) is 1. The van der Waals surface area contributed by atoms with Crippen molar-refractivity contribution in [2.75, 3.05) is 32.9 Å². The predicted octanol–water partition coefficient (Wildman–Crippen LogP) is 0.741. The second-order valence-corrected chi connectivity index (χ2v) is 6.13. The molecule has 4 rings (SSSR count). The van der Waals surface area contributed by atoms with Crippen molar-refractivity contribution in [3.8, 4) is 0 Å². The van der Waals surface area contributed by atoms with Gasteiger partial charge in [-0.1, -0.05) is 11.3 Å². The Morgan fingerprint density at radius 1 is 1.20 bits per heavy atom. The highest BCUT2D eigenvalue weighted by Crippen LogP contribution is 2.29. The van der Waals surface area contributed by atoms with Crippen LogP contribution >= 0.6 is 11.3 Å². The van der Waals surface area contributed by atoms with Gasteiger partial charge in [0.15, 0.2) is 5.82 Å². The van der Waals surface area contributed by atoms with Crippen molar-refractivity contribution in [3.05, 3.63) is 10.8 Å². The molecule has 2 aliphatic heterocycles. The van der Waals surface area contributed by atoms with Gasteiger partial charge in [-0.2, -0.15) is 9.61 Å². The molecule has 0 radical (unpaired) electrons. The topological polar surface area (TPSA) is 73.6 Å². The molecule has 20 heavy (non-hydrogen) atoms. The Balaban J connectivity index is 1.63. The Bertz CT molecular complexity index is 586. The molecule has 1 atom stereocenters. The van der Waals surface area contributed by atoms with Crippen LogP contribution in [0, 0.1) is 0 Å². The maximum atomic E-state index is 5.75. The molecular weight excluding hydrogens is 278 g/mol. The van der Waals surface area contributed by atoms with Crippen LogP contribution in [0.5, 0.6) is 0 Å². The second kappa shape index (κ2) is 5.36. The van der Waals surface area contributed by atoms with E-state index in [4.69, 9.17) is 9.47 Å². The molecule has 0 amide bonds. The number of aromatic nitrogens is 4. The van der Waals surface area contributed by atoms with Crippen LogP contribution in [0.2, 0.25) is 0 Å². The van der Waals surface area contributed by atoms with Crippen LogP contribution in [0.3, 0.4) is 0 Å². The Hall–Kier alpha value is -1.09. The monoisotopic (exact) mass is 295 g/mol. The van der Waals surface area contributed by atoms with Crippen molar-refractivity contribution in [3.63, 3.8) is 0 Å². The summed E-state index contributed by atoms with van der Waals surface area (Å²) in [6.07, 6.45) is 2.03. The highest BCUT2D eigenvalue weighted by atomic mass is 32.1. The smallest absolute Gasteiger partial charge is 0.234 e. The SMILES string of the molecule is C1COC(c2nn3c(C4CCOCC4)nnc3s2)CN1. The maximum absolute atomic E-state index is 5.75. The molecule has 1 N–H and O–H groups in total. The van der Waals surface area contributed by atoms with Crippen LogP contribution in [0.4, 0.5) is 0 Å². The first-order valence-corrected chi connectivity index (χ1v) is 7.85. The van der Waals surface area contributed by atoms with Crippen molar-refractivity contribution in [2.24, 2.45) is 0 Å². The summed E-state index contributed by atoms with van der Waals surface area (Å²) in [5.41, 5.74) is 0. The molecule has 2 aliphatic rings. The second-order valence-electron chi connectivity index (χ2n) is 5.14. The summed E-state index contributed by atoms with van der Waals surface area (Å²) in [6.45, 7) is 4.06. The Labute approximate surface area is 120 Å². The molecule has 0 spiro atoms. The minimum atomic E-state index is 0.0398. The normalized spacial score (nSPS) is 25.3. The number of morpholine rings is 1. The van der Waals surface area contributed by atoms with Gasteiger partial charge in [-0.05, 0) is 12.8 Å². The zero-order valence-electron chi connectivity index (χ0n) is 11.1. The maximum Gasteiger partial charge on any atom is 0.234 e. The molecule has 0 saturated carbocycles. The quantitative estimate of drug-likeness (QED) is 0.881. The third kappa shape index (κ3) is 2.22. The molecular formula is C12H17N5O2S. The van der Waals surface area contributed by atoms with E-state index in [-0.39, 0.29) is 6.10 Å². The fourth-order valence-electron chi connectivity index (χ4n) is 2.71. The van der Waals surface area contributed by atoms with Gasteiger partial charge < -0.3 is 14.8 Å². The third-order valence-electron chi connectivity index (χ3n) is 3.82. The summed E-state index contributed by atoms with van der Waals surface area (Å²) in [5, 5.41) is 17.6. The zero-order valence-corrected chi connectivity index (χ0v) is 11.9. The summed E-state index contributed by atoms with van der Waals surface area (Å²) in [7, 11) is 0. The first kappa shape index (κ1) is 12.6. The highest BCUT2D eigenvalue weighted by molar-refractivity contribution is 7.16. The third-order valence-corrected chi connectivity index (χ3v) is 4.81. The van der Waals surface area contributed by atoms with Gasteiger partial charge >= 0.3 is 0 Å². The number of nitrogens with zero attached hydrogens (tertiary/aromatic N) is 4. The summed E-state index contributed by atoms with van der Waals surface area (Å²) < 4.78 is 13.1. The molecule has 0 bridgehead atoms. The van der Waals surface area contributed by atoms with Gasteiger partial charge in [-0.25, -0.2) is 0 Å². The molecule has 2 aromatic rings. The van der Waals surface area contributed by atoms with Gasteiger partial charge in [0.05, 0.1) is 6.61 Å². The van der Waals surface area contributed by atoms with E-state index < -0.39 is 0 Å². The highest BCUT2D eigenvalue weighted by Gasteiger charge is 2.26. The summed E-state index contributed by atoms with van der Waals surface area (Å²) in [6, 6.07) is 0. The molecule has 0 aromatic carbocycles. The standard InChI is InChI=1S/C12H17N5O2S/c1-4-18-5-2-8(1)10-14-15-12-17(10)16-11(20-12)9-7-13-3-6-19-9/h8-9,13H,1-7H2. The van der Waals surface area contributed by atoms with Crippen LogP contribution in [0.1, 0.15) is 35.7 Å². The summed E-state index contributed by atoms with van der Waals surface area (Å²) in [5.74, 6) is 1.37. The zero-order chi connectivity index (χ0) is 13.4. The van der Waals surface area contributed by atoms with Gasteiger partial charge in [0.25, 0.3) is 0 Å². The van der Waals surface area contributed by atoms with Crippen molar-refractivity contribution in [1.82, 2.24) is 25.1 Å². The van der Waals surface area contributed by atoms with E-state index >= 15 is 0 Å². The van der Waals surface area contributed by atoms with E-state index in [0.717, 1.165) is 61.5 Å². The van der Waals surface area contributed by atoms with E-state index in [1.165, 1.54) is 0 Å². The van der Waals surface area contributed by atoms with Crippen LogP contribution in [-0.4, -0.2) is 52.7 Å². The van der Waals surface area contributed by atoms with Crippen molar-refractivity contribution >= 4 is 16.3 Å². The van der Waals surface area contributed by atoms with Gasteiger partial charge in [-0.15, -0.1) is 10.2 Å². The molecule has 8 heteroatoms. The molecule has 108 valence electrons. The van der Waals surface area contributed by atoms with E-state index in [1.54, 1.807) is 11.3 Å². The Kier molecular flexibility index (Phi) is 3.39. The minimum Gasteiger partial charge on any atom is -0.381 e. The average Bonchev–Trinajstić information content (AvgIpc) is 3.09. The Morgan fingerprint density at radius 2 is 2.10 bits per heavy atom. The lowest BCUT2D eigenvalue weighted by molar-refractivity contribution is 0.0269. The fraction of sp³-hybridized carbons (Fsp3) is 0.750. The van der Waals surface area contributed by atoms with Crippen LogP contribution < -0.4 is 5.32 Å². The lowest BCUT2D eigenvalue weighted by Crippen LogP contribution is -2.33. The molecule has 2 aromatic heterocycles. The van der Waals surface area contributed by atoms with Gasteiger partial charge in [-0.3, -0.25) is 0 Å². The van der Waals surface area contributed by atoms with Gasteiger partial charge in [0, 0.05) is 32.2 Å². The van der Waals surface area contributed by atoms with Gasteiger partial charge in [0.1, 0.15) is 11.1 Å². The van der Waals surface area contributed by atoms with E-state index in [0.29, 0.717) is 5.92 Å². The number of rotatable bonds is 2. The van der Waals surface area contributed by atoms with E-state index in [1.807, 2.05) is 4.52 Å². The van der Waals surface area contributed by atoms with Crippen molar-refractivity contribution in [1.29, 1.82) is 0 Å². The molecule has 4 heterocycles. The summed E-state index contributed by atoms with van der Waals surface area (Å²) >= 11 is 1.57. The van der Waals surface area contributed by atoms with E-state index in [2.05, 4.69) is 20.6 Å². The number of hydrogen-bond acceptors (Lipinski definition) is 7. The number of fused-ring (bicyclic) bond motifs is 1.